The Bertz CT molecular complexity index is 652. The summed E-state index contributed by atoms with van der Waals surface area (Å²) >= 11 is 12.6. The lowest BCUT2D eigenvalue weighted by Crippen LogP contribution is -2.04. The van der Waals surface area contributed by atoms with Crippen LogP contribution in [0.1, 0.15) is 12.5 Å². The normalized spacial score (nSPS) is 10.5. The van der Waals surface area contributed by atoms with Crippen molar-refractivity contribution in [2.24, 2.45) is 0 Å². The SMILES string of the molecule is CCOc1c(Br)cc(Br)cc1CNc1ccc(Cl)c(F)c1. The van der Waals surface area contributed by atoms with Gasteiger partial charge >= 0.3 is 0 Å². The Morgan fingerprint density at radius 1 is 1.24 bits per heavy atom. The van der Waals surface area contributed by atoms with Gasteiger partial charge in [0.25, 0.3) is 0 Å². The number of hydrogen-bond donors (Lipinski definition) is 1. The van der Waals surface area contributed by atoms with Crippen LogP contribution in [0.5, 0.6) is 5.75 Å². The summed E-state index contributed by atoms with van der Waals surface area (Å²) in [4.78, 5) is 0. The van der Waals surface area contributed by atoms with Crippen molar-refractivity contribution in [1.29, 1.82) is 0 Å². The second-order valence-electron chi connectivity index (χ2n) is 4.29. The molecule has 0 saturated heterocycles. The second-order valence-corrected chi connectivity index (χ2v) is 6.47. The van der Waals surface area contributed by atoms with Crippen molar-refractivity contribution in [3.8, 4) is 5.75 Å². The first-order chi connectivity index (χ1) is 10.0. The van der Waals surface area contributed by atoms with E-state index in [0.717, 1.165) is 20.3 Å². The van der Waals surface area contributed by atoms with Crippen LogP contribution in [0.2, 0.25) is 5.02 Å². The molecule has 112 valence electrons. The minimum absolute atomic E-state index is 0.112. The van der Waals surface area contributed by atoms with Gasteiger partial charge < -0.3 is 10.1 Å². The van der Waals surface area contributed by atoms with Gasteiger partial charge in [0.05, 0.1) is 16.1 Å². The summed E-state index contributed by atoms with van der Waals surface area (Å²) in [6, 6.07) is 8.53. The fourth-order valence-corrected chi connectivity index (χ4v) is 3.40. The quantitative estimate of drug-likeness (QED) is 0.618. The van der Waals surface area contributed by atoms with Crippen molar-refractivity contribution in [3.05, 3.63) is 55.7 Å². The number of nitrogens with one attached hydrogen (secondary N) is 1. The smallest absolute Gasteiger partial charge is 0.143 e. The average Bonchev–Trinajstić information content (AvgIpc) is 2.43. The van der Waals surface area contributed by atoms with E-state index in [4.69, 9.17) is 16.3 Å². The molecule has 6 heteroatoms. The Labute approximate surface area is 144 Å². The monoisotopic (exact) mass is 435 g/mol. The van der Waals surface area contributed by atoms with Gasteiger partial charge in [-0.15, -0.1) is 0 Å². The highest BCUT2D eigenvalue weighted by Crippen LogP contribution is 2.33. The van der Waals surface area contributed by atoms with E-state index in [1.165, 1.54) is 12.1 Å². The highest BCUT2D eigenvalue weighted by molar-refractivity contribution is 9.11. The lowest BCUT2D eigenvalue weighted by molar-refractivity contribution is 0.334. The molecular weight excluding hydrogens is 424 g/mol. The molecule has 0 bridgehead atoms. The Balaban J connectivity index is 2.20. The Morgan fingerprint density at radius 2 is 2.00 bits per heavy atom. The zero-order valence-electron chi connectivity index (χ0n) is 11.2. The third-order valence-corrected chi connectivity index (χ3v) is 4.13. The molecule has 0 aliphatic carbocycles. The Hall–Kier alpha value is -0.780. The van der Waals surface area contributed by atoms with Crippen LogP contribution in [-0.2, 0) is 6.54 Å². The minimum atomic E-state index is -0.442. The van der Waals surface area contributed by atoms with Crippen LogP contribution in [0.25, 0.3) is 0 Å². The second kappa shape index (κ2) is 7.47. The van der Waals surface area contributed by atoms with E-state index in [1.54, 1.807) is 6.07 Å². The summed E-state index contributed by atoms with van der Waals surface area (Å²) in [6.07, 6.45) is 0. The van der Waals surface area contributed by atoms with E-state index in [1.807, 2.05) is 19.1 Å². The zero-order valence-corrected chi connectivity index (χ0v) is 15.1. The van der Waals surface area contributed by atoms with Gasteiger partial charge in [-0.05, 0) is 53.2 Å². The van der Waals surface area contributed by atoms with Gasteiger partial charge in [0.2, 0.25) is 0 Å². The summed E-state index contributed by atoms with van der Waals surface area (Å²) in [7, 11) is 0. The van der Waals surface area contributed by atoms with Gasteiger partial charge in [-0.25, -0.2) is 4.39 Å². The summed E-state index contributed by atoms with van der Waals surface area (Å²) in [6.45, 7) is 3.01. The maximum atomic E-state index is 13.4. The van der Waals surface area contributed by atoms with Gasteiger partial charge in [0.1, 0.15) is 11.6 Å². The molecule has 21 heavy (non-hydrogen) atoms. The van der Waals surface area contributed by atoms with Gasteiger partial charge in [-0.2, -0.15) is 0 Å². The molecule has 0 aliphatic rings. The predicted octanol–water partition coefficient (Wildman–Crippen LogP) is 6.01. The Kier molecular flexibility index (Phi) is 5.90. The number of halogens is 4. The van der Waals surface area contributed by atoms with E-state index in [9.17, 15) is 4.39 Å². The number of ether oxygens (including phenoxy) is 1. The fraction of sp³-hybridized carbons (Fsp3) is 0.200. The van der Waals surface area contributed by atoms with Crippen molar-refractivity contribution in [2.45, 2.75) is 13.5 Å². The van der Waals surface area contributed by atoms with Gasteiger partial charge in [0.15, 0.2) is 0 Å². The summed E-state index contributed by atoms with van der Waals surface area (Å²) in [5.41, 5.74) is 1.63. The van der Waals surface area contributed by atoms with Crippen LogP contribution >= 0.6 is 43.5 Å². The minimum Gasteiger partial charge on any atom is -0.492 e. The average molecular weight is 438 g/mol. The molecule has 0 saturated carbocycles. The van der Waals surface area contributed by atoms with E-state index in [0.29, 0.717) is 18.8 Å². The molecule has 1 N–H and O–H groups in total. The number of benzene rings is 2. The molecule has 0 spiro atoms. The molecule has 0 radical (unpaired) electrons. The molecule has 0 atom stereocenters. The highest BCUT2D eigenvalue weighted by atomic mass is 79.9. The van der Waals surface area contributed by atoms with Crippen molar-refractivity contribution >= 4 is 49.1 Å². The van der Waals surface area contributed by atoms with Crippen molar-refractivity contribution in [3.63, 3.8) is 0 Å². The van der Waals surface area contributed by atoms with Crippen LogP contribution < -0.4 is 10.1 Å². The van der Waals surface area contributed by atoms with Crippen molar-refractivity contribution < 1.29 is 9.13 Å². The predicted molar refractivity (Wildman–Crippen MR) is 91.7 cm³/mol. The topological polar surface area (TPSA) is 21.3 Å². The molecule has 2 rings (SSSR count). The molecule has 0 fully saturated rings. The van der Waals surface area contributed by atoms with E-state index in [2.05, 4.69) is 37.2 Å². The molecule has 2 aromatic rings. The van der Waals surface area contributed by atoms with Crippen LogP contribution in [0.15, 0.2) is 39.3 Å². The molecular formula is C15H13Br2ClFNO. The molecule has 0 aromatic heterocycles. The maximum Gasteiger partial charge on any atom is 0.143 e. The lowest BCUT2D eigenvalue weighted by Gasteiger charge is -2.14. The Morgan fingerprint density at radius 3 is 2.67 bits per heavy atom. The number of hydrogen-bond acceptors (Lipinski definition) is 2. The highest BCUT2D eigenvalue weighted by Gasteiger charge is 2.10. The van der Waals surface area contributed by atoms with Crippen LogP contribution in [0.4, 0.5) is 10.1 Å². The molecule has 2 nitrogen and oxygen atoms in total. The lowest BCUT2D eigenvalue weighted by atomic mass is 10.2. The van der Waals surface area contributed by atoms with Crippen LogP contribution in [0.3, 0.4) is 0 Å². The molecule has 0 amide bonds. The molecule has 0 heterocycles. The largest absolute Gasteiger partial charge is 0.492 e. The van der Waals surface area contributed by atoms with Crippen LogP contribution in [-0.4, -0.2) is 6.61 Å². The fourth-order valence-electron chi connectivity index (χ4n) is 1.85. The van der Waals surface area contributed by atoms with Crippen molar-refractivity contribution in [2.75, 3.05) is 11.9 Å². The first-order valence-corrected chi connectivity index (χ1v) is 8.27. The van der Waals surface area contributed by atoms with Crippen LogP contribution in [0, 0.1) is 5.82 Å². The third kappa shape index (κ3) is 4.34. The van der Waals surface area contributed by atoms with E-state index in [-0.39, 0.29) is 5.02 Å². The number of rotatable bonds is 5. The zero-order chi connectivity index (χ0) is 15.4. The van der Waals surface area contributed by atoms with Crippen molar-refractivity contribution in [1.82, 2.24) is 0 Å². The summed E-state index contributed by atoms with van der Waals surface area (Å²) < 4.78 is 20.9. The van der Waals surface area contributed by atoms with E-state index < -0.39 is 5.82 Å². The molecule has 0 unspecified atom stereocenters. The van der Waals surface area contributed by atoms with E-state index >= 15 is 0 Å². The first-order valence-electron chi connectivity index (χ1n) is 6.31. The molecule has 2 aromatic carbocycles. The van der Waals surface area contributed by atoms with Gasteiger partial charge in [-0.3, -0.25) is 0 Å². The summed E-state index contributed by atoms with van der Waals surface area (Å²) in [5.74, 6) is 0.338. The standard InChI is InChI=1S/C15H13Br2ClFNO/c1-2-21-15-9(5-10(16)6-12(15)17)8-20-11-3-4-13(18)14(19)7-11/h3-7,20H,2,8H2,1H3. The first kappa shape index (κ1) is 16.6. The molecule has 0 aliphatic heterocycles. The van der Waals surface area contributed by atoms with Gasteiger partial charge in [-0.1, -0.05) is 27.5 Å². The maximum absolute atomic E-state index is 13.4. The number of anilines is 1. The third-order valence-electron chi connectivity index (χ3n) is 2.78. The van der Waals surface area contributed by atoms with Gasteiger partial charge in [0, 0.05) is 22.3 Å². The summed E-state index contributed by atoms with van der Waals surface area (Å²) in [5, 5.41) is 3.27.